The van der Waals surface area contributed by atoms with Crippen LogP contribution in [0.3, 0.4) is 0 Å². The van der Waals surface area contributed by atoms with Crippen LogP contribution < -0.4 is 4.90 Å². The summed E-state index contributed by atoms with van der Waals surface area (Å²) in [6.45, 7) is 4.98. The van der Waals surface area contributed by atoms with E-state index in [2.05, 4.69) is 23.5 Å². The SMILES string of the molecule is COC(=O)c1ccc(N2CC(O)CCC2(C)C)cc1. The molecule has 1 N–H and O–H groups in total. The molecule has 0 saturated carbocycles. The van der Waals surface area contributed by atoms with Crippen molar-refractivity contribution < 1.29 is 14.6 Å². The van der Waals surface area contributed by atoms with Crippen molar-refractivity contribution in [3.05, 3.63) is 29.8 Å². The van der Waals surface area contributed by atoms with Gasteiger partial charge in [0, 0.05) is 17.8 Å². The van der Waals surface area contributed by atoms with E-state index in [0.717, 1.165) is 18.5 Å². The number of ether oxygens (including phenoxy) is 1. The summed E-state index contributed by atoms with van der Waals surface area (Å²) in [5.41, 5.74) is 1.59. The Morgan fingerprint density at radius 3 is 2.58 bits per heavy atom. The molecule has 1 aromatic carbocycles. The van der Waals surface area contributed by atoms with Gasteiger partial charge in [-0.05, 0) is 51.0 Å². The number of esters is 1. The first-order chi connectivity index (χ1) is 8.94. The molecule has 0 bridgehead atoms. The topological polar surface area (TPSA) is 49.8 Å². The molecule has 4 nitrogen and oxygen atoms in total. The third-order valence-corrected chi connectivity index (χ3v) is 3.81. The van der Waals surface area contributed by atoms with E-state index in [1.165, 1.54) is 7.11 Å². The quantitative estimate of drug-likeness (QED) is 0.831. The number of anilines is 1. The predicted molar refractivity (Wildman–Crippen MR) is 74.4 cm³/mol. The van der Waals surface area contributed by atoms with E-state index in [9.17, 15) is 9.90 Å². The highest BCUT2D eigenvalue weighted by atomic mass is 16.5. The molecule has 1 aliphatic rings. The number of benzene rings is 1. The van der Waals surface area contributed by atoms with Crippen molar-refractivity contribution in [2.45, 2.75) is 38.3 Å². The molecule has 1 fully saturated rings. The molecule has 2 rings (SSSR count). The number of aliphatic hydroxyl groups excluding tert-OH is 1. The Kier molecular flexibility index (Phi) is 3.80. The molecule has 1 atom stereocenters. The molecule has 19 heavy (non-hydrogen) atoms. The summed E-state index contributed by atoms with van der Waals surface area (Å²) in [6.07, 6.45) is 1.50. The molecule has 1 aliphatic heterocycles. The third-order valence-electron chi connectivity index (χ3n) is 3.81. The highest BCUT2D eigenvalue weighted by Crippen LogP contribution is 2.32. The van der Waals surface area contributed by atoms with Crippen molar-refractivity contribution in [2.24, 2.45) is 0 Å². The van der Waals surface area contributed by atoms with Gasteiger partial charge in [0.25, 0.3) is 0 Å². The number of hydrogen-bond acceptors (Lipinski definition) is 4. The van der Waals surface area contributed by atoms with Crippen molar-refractivity contribution in [2.75, 3.05) is 18.6 Å². The Morgan fingerprint density at radius 1 is 1.37 bits per heavy atom. The van der Waals surface area contributed by atoms with Gasteiger partial charge in [-0.1, -0.05) is 0 Å². The van der Waals surface area contributed by atoms with E-state index in [-0.39, 0.29) is 17.6 Å². The number of carbonyl (C=O) groups is 1. The van der Waals surface area contributed by atoms with Gasteiger partial charge in [0.1, 0.15) is 0 Å². The smallest absolute Gasteiger partial charge is 0.337 e. The van der Waals surface area contributed by atoms with Crippen molar-refractivity contribution >= 4 is 11.7 Å². The summed E-state index contributed by atoms with van der Waals surface area (Å²) in [6, 6.07) is 7.34. The first-order valence-electron chi connectivity index (χ1n) is 6.58. The predicted octanol–water partition coefficient (Wildman–Crippen LogP) is 2.21. The molecule has 0 aliphatic carbocycles. The Bertz CT molecular complexity index is 453. The molecule has 0 aromatic heterocycles. The second-order valence-electron chi connectivity index (χ2n) is 5.65. The van der Waals surface area contributed by atoms with E-state index in [4.69, 9.17) is 0 Å². The summed E-state index contributed by atoms with van der Waals surface area (Å²) in [4.78, 5) is 13.6. The lowest BCUT2D eigenvalue weighted by Crippen LogP contribution is -2.52. The summed E-state index contributed by atoms with van der Waals surface area (Å²) in [7, 11) is 1.38. The number of nitrogens with zero attached hydrogens (tertiary/aromatic N) is 1. The average molecular weight is 263 g/mol. The van der Waals surface area contributed by atoms with Crippen LogP contribution in [0.15, 0.2) is 24.3 Å². The highest BCUT2D eigenvalue weighted by Gasteiger charge is 2.33. The van der Waals surface area contributed by atoms with Crippen LogP contribution in [0.5, 0.6) is 0 Å². The van der Waals surface area contributed by atoms with Gasteiger partial charge in [0.05, 0.1) is 18.8 Å². The number of hydrogen-bond donors (Lipinski definition) is 1. The van der Waals surface area contributed by atoms with E-state index < -0.39 is 0 Å². The van der Waals surface area contributed by atoms with Crippen LogP contribution in [0.25, 0.3) is 0 Å². The van der Waals surface area contributed by atoms with Crippen molar-refractivity contribution in [3.8, 4) is 0 Å². The Balaban J connectivity index is 2.23. The van der Waals surface area contributed by atoms with Gasteiger partial charge in [-0.3, -0.25) is 0 Å². The fraction of sp³-hybridized carbons (Fsp3) is 0.533. The Morgan fingerprint density at radius 2 is 2.00 bits per heavy atom. The van der Waals surface area contributed by atoms with Crippen LogP contribution in [-0.2, 0) is 4.74 Å². The molecule has 1 heterocycles. The molecule has 1 unspecified atom stereocenters. The molecule has 0 spiro atoms. The number of methoxy groups -OCH3 is 1. The summed E-state index contributed by atoms with van der Waals surface area (Å²) in [5, 5.41) is 9.84. The molecular formula is C15H21NO3. The van der Waals surface area contributed by atoms with E-state index in [1.54, 1.807) is 12.1 Å². The lowest BCUT2D eigenvalue weighted by atomic mass is 9.88. The van der Waals surface area contributed by atoms with E-state index in [1.807, 2.05) is 12.1 Å². The second kappa shape index (κ2) is 5.21. The molecule has 4 heteroatoms. The van der Waals surface area contributed by atoms with Gasteiger partial charge < -0.3 is 14.7 Å². The van der Waals surface area contributed by atoms with Crippen LogP contribution >= 0.6 is 0 Å². The zero-order chi connectivity index (χ0) is 14.0. The van der Waals surface area contributed by atoms with Crippen LogP contribution in [0.1, 0.15) is 37.0 Å². The molecule has 1 saturated heterocycles. The first-order valence-corrected chi connectivity index (χ1v) is 6.58. The summed E-state index contributed by atoms with van der Waals surface area (Å²) < 4.78 is 4.69. The van der Waals surface area contributed by atoms with E-state index >= 15 is 0 Å². The third kappa shape index (κ3) is 2.89. The summed E-state index contributed by atoms with van der Waals surface area (Å²) in [5.74, 6) is -0.329. The molecule has 0 amide bonds. The summed E-state index contributed by atoms with van der Waals surface area (Å²) >= 11 is 0. The number of carbonyl (C=O) groups excluding carboxylic acids is 1. The minimum Gasteiger partial charge on any atom is -0.465 e. The zero-order valence-electron chi connectivity index (χ0n) is 11.7. The first kappa shape index (κ1) is 13.9. The average Bonchev–Trinajstić information content (AvgIpc) is 2.41. The Labute approximate surface area is 114 Å². The molecule has 1 aromatic rings. The highest BCUT2D eigenvalue weighted by molar-refractivity contribution is 5.89. The maximum Gasteiger partial charge on any atom is 0.337 e. The second-order valence-corrected chi connectivity index (χ2v) is 5.65. The van der Waals surface area contributed by atoms with Gasteiger partial charge in [0.15, 0.2) is 0 Å². The van der Waals surface area contributed by atoms with Gasteiger partial charge in [0.2, 0.25) is 0 Å². The number of rotatable bonds is 2. The standard InChI is InChI=1S/C15H21NO3/c1-15(2)9-8-13(17)10-16(15)12-6-4-11(5-7-12)14(18)19-3/h4-7,13,17H,8-10H2,1-3H3. The number of piperidine rings is 1. The molecule has 104 valence electrons. The lowest BCUT2D eigenvalue weighted by molar-refractivity contribution is 0.0600. The minimum atomic E-state index is -0.329. The van der Waals surface area contributed by atoms with Crippen LogP contribution in [0, 0.1) is 0 Å². The van der Waals surface area contributed by atoms with Crippen LogP contribution in [-0.4, -0.2) is 36.4 Å². The fourth-order valence-electron chi connectivity index (χ4n) is 2.55. The normalized spacial score (nSPS) is 22.1. The van der Waals surface area contributed by atoms with Crippen molar-refractivity contribution in [1.82, 2.24) is 0 Å². The Hall–Kier alpha value is -1.55. The zero-order valence-corrected chi connectivity index (χ0v) is 11.7. The van der Waals surface area contributed by atoms with Gasteiger partial charge in [-0.25, -0.2) is 4.79 Å². The van der Waals surface area contributed by atoms with Gasteiger partial charge in [-0.2, -0.15) is 0 Å². The van der Waals surface area contributed by atoms with Gasteiger partial charge in [-0.15, -0.1) is 0 Å². The minimum absolute atomic E-state index is 0.0199. The van der Waals surface area contributed by atoms with Crippen molar-refractivity contribution in [1.29, 1.82) is 0 Å². The number of aliphatic hydroxyl groups is 1. The van der Waals surface area contributed by atoms with E-state index in [0.29, 0.717) is 12.1 Å². The van der Waals surface area contributed by atoms with Crippen molar-refractivity contribution in [3.63, 3.8) is 0 Å². The number of β-amino-alcohol motifs (C(OH)–C–C–N with tert-alkyl or cyclic N) is 1. The maximum atomic E-state index is 11.4. The lowest BCUT2D eigenvalue weighted by Gasteiger charge is -2.46. The monoisotopic (exact) mass is 263 g/mol. The van der Waals surface area contributed by atoms with Gasteiger partial charge >= 0.3 is 5.97 Å². The maximum absolute atomic E-state index is 11.4. The largest absolute Gasteiger partial charge is 0.465 e. The van der Waals surface area contributed by atoms with Crippen LogP contribution in [0.2, 0.25) is 0 Å². The molecule has 0 radical (unpaired) electrons. The van der Waals surface area contributed by atoms with Crippen LogP contribution in [0.4, 0.5) is 5.69 Å². The molecular weight excluding hydrogens is 242 g/mol. The fourth-order valence-corrected chi connectivity index (χ4v) is 2.55.